The molecule has 0 aromatic carbocycles. The molecule has 5 heteroatoms. The average Bonchev–Trinajstić information content (AvgIpc) is 2.06. The minimum Gasteiger partial charge on any atom is -0.387 e. The summed E-state index contributed by atoms with van der Waals surface area (Å²) in [5, 5.41) is 19.4. The first-order valence-electron chi connectivity index (χ1n) is 4.29. The van der Waals surface area contributed by atoms with Gasteiger partial charge in [-0.2, -0.15) is 0 Å². The molecule has 0 spiro atoms. The molecule has 0 radical (unpaired) electrons. The van der Waals surface area contributed by atoms with Gasteiger partial charge < -0.3 is 24.4 Å². The van der Waals surface area contributed by atoms with Gasteiger partial charge in [0.2, 0.25) is 0 Å². The molecule has 3 aliphatic heterocycles. The monoisotopic (exact) mass is 190 g/mol. The lowest BCUT2D eigenvalue weighted by Gasteiger charge is -2.51. The van der Waals surface area contributed by atoms with Crippen molar-refractivity contribution in [3.05, 3.63) is 0 Å². The van der Waals surface area contributed by atoms with Crippen LogP contribution in [0.1, 0.15) is 6.92 Å². The smallest absolute Gasteiger partial charge is 0.192 e. The molecule has 0 unspecified atom stereocenters. The second-order valence-electron chi connectivity index (χ2n) is 3.66. The van der Waals surface area contributed by atoms with E-state index in [1.165, 1.54) is 14.0 Å². The zero-order valence-electron chi connectivity index (χ0n) is 7.64. The van der Waals surface area contributed by atoms with Crippen LogP contribution in [0.3, 0.4) is 0 Å². The van der Waals surface area contributed by atoms with Gasteiger partial charge in [0.1, 0.15) is 24.4 Å². The predicted octanol–water partition coefficient (Wildman–Crippen LogP) is -1.13. The van der Waals surface area contributed by atoms with Gasteiger partial charge in [-0.25, -0.2) is 0 Å². The summed E-state index contributed by atoms with van der Waals surface area (Å²) in [6, 6.07) is 0. The molecule has 0 aliphatic carbocycles. The van der Waals surface area contributed by atoms with Crippen molar-refractivity contribution in [2.45, 2.75) is 37.1 Å². The van der Waals surface area contributed by atoms with Crippen LogP contribution < -0.4 is 0 Å². The van der Waals surface area contributed by atoms with Crippen LogP contribution in [0.15, 0.2) is 0 Å². The van der Waals surface area contributed by atoms with Gasteiger partial charge in [0.15, 0.2) is 5.79 Å². The SMILES string of the molecule is CO[C@H]1[C@H](O)[C@H]2CO[C@@H]1[C@](C)(O)O2. The molecule has 3 fully saturated rings. The summed E-state index contributed by atoms with van der Waals surface area (Å²) >= 11 is 0. The molecule has 2 bridgehead atoms. The lowest BCUT2D eigenvalue weighted by atomic mass is 9.90. The Labute approximate surface area is 76.2 Å². The van der Waals surface area contributed by atoms with E-state index in [2.05, 4.69) is 0 Å². The standard InChI is InChI=1S/C8H14O5/c1-8(10)7-6(11-2)5(9)4(13-8)3-12-7/h4-7,9-10H,3H2,1-2H3/t4-,5-,6+,7+,8-/m1/s1. The summed E-state index contributed by atoms with van der Waals surface area (Å²) < 4.78 is 15.6. The van der Waals surface area contributed by atoms with Crippen LogP contribution in [0.4, 0.5) is 0 Å². The Kier molecular flexibility index (Phi) is 2.08. The fraction of sp³-hybridized carbons (Fsp3) is 1.00. The highest BCUT2D eigenvalue weighted by Gasteiger charge is 2.56. The van der Waals surface area contributed by atoms with Crippen LogP contribution in [-0.2, 0) is 14.2 Å². The molecule has 13 heavy (non-hydrogen) atoms. The Morgan fingerprint density at radius 1 is 1.54 bits per heavy atom. The molecule has 3 aliphatic rings. The maximum Gasteiger partial charge on any atom is 0.192 e. The maximum atomic E-state index is 9.75. The topological polar surface area (TPSA) is 68.2 Å². The Balaban J connectivity index is 2.23. The number of hydrogen-bond donors (Lipinski definition) is 2. The van der Waals surface area contributed by atoms with Crippen molar-refractivity contribution in [1.82, 2.24) is 0 Å². The molecule has 0 aromatic rings. The number of ether oxygens (including phenoxy) is 3. The van der Waals surface area contributed by atoms with Crippen molar-refractivity contribution < 1.29 is 24.4 Å². The first-order valence-corrected chi connectivity index (χ1v) is 4.29. The Hall–Kier alpha value is -0.200. The van der Waals surface area contributed by atoms with E-state index < -0.39 is 30.2 Å². The highest BCUT2D eigenvalue weighted by atomic mass is 16.7. The highest BCUT2D eigenvalue weighted by molar-refractivity contribution is 4.99. The molecule has 76 valence electrons. The zero-order chi connectivity index (χ0) is 9.64. The number of methoxy groups -OCH3 is 1. The summed E-state index contributed by atoms with van der Waals surface area (Å²) in [5.41, 5.74) is 0. The Morgan fingerprint density at radius 3 is 2.69 bits per heavy atom. The van der Waals surface area contributed by atoms with Crippen molar-refractivity contribution in [3.63, 3.8) is 0 Å². The molecular weight excluding hydrogens is 176 g/mol. The summed E-state index contributed by atoms with van der Waals surface area (Å²) in [7, 11) is 1.48. The van der Waals surface area contributed by atoms with E-state index in [4.69, 9.17) is 14.2 Å². The van der Waals surface area contributed by atoms with Crippen LogP contribution in [0.5, 0.6) is 0 Å². The molecule has 3 rings (SSSR count). The summed E-state index contributed by atoms with van der Waals surface area (Å²) in [6.45, 7) is 1.82. The minimum atomic E-state index is -1.36. The van der Waals surface area contributed by atoms with E-state index >= 15 is 0 Å². The van der Waals surface area contributed by atoms with Gasteiger partial charge in [0.25, 0.3) is 0 Å². The van der Waals surface area contributed by atoms with Gasteiger partial charge in [-0.1, -0.05) is 0 Å². The first-order chi connectivity index (χ1) is 6.06. The van der Waals surface area contributed by atoms with Crippen LogP contribution in [0.2, 0.25) is 0 Å². The third kappa shape index (κ3) is 1.28. The highest BCUT2D eigenvalue weighted by Crippen LogP contribution is 2.36. The average molecular weight is 190 g/mol. The second-order valence-corrected chi connectivity index (χ2v) is 3.66. The first kappa shape index (κ1) is 9.36. The van der Waals surface area contributed by atoms with E-state index in [9.17, 15) is 10.2 Å². The molecule has 5 nitrogen and oxygen atoms in total. The molecule has 2 N–H and O–H groups in total. The largest absolute Gasteiger partial charge is 0.387 e. The van der Waals surface area contributed by atoms with Crippen molar-refractivity contribution in [2.75, 3.05) is 13.7 Å². The van der Waals surface area contributed by atoms with Crippen LogP contribution >= 0.6 is 0 Å². The zero-order valence-corrected chi connectivity index (χ0v) is 7.64. The number of hydrogen-bond acceptors (Lipinski definition) is 5. The van der Waals surface area contributed by atoms with E-state index in [0.717, 1.165) is 0 Å². The van der Waals surface area contributed by atoms with Crippen molar-refractivity contribution >= 4 is 0 Å². The Bertz CT molecular complexity index is 205. The van der Waals surface area contributed by atoms with Gasteiger partial charge >= 0.3 is 0 Å². The maximum absolute atomic E-state index is 9.75. The third-order valence-electron chi connectivity index (χ3n) is 2.65. The summed E-state index contributed by atoms with van der Waals surface area (Å²) in [5.74, 6) is -1.36. The van der Waals surface area contributed by atoms with Crippen LogP contribution in [0, 0.1) is 0 Å². The normalized spacial score (nSPS) is 55.4. The Morgan fingerprint density at radius 2 is 2.23 bits per heavy atom. The van der Waals surface area contributed by atoms with Crippen molar-refractivity contribution in [3.8, 4) is 0 Å². The summed E-state index contributed by atoms with van der Waals surface area (Å²) in [6.07, 6.45) is -2.34. The van der Waals surface area contributed by atoms with Gasteiger partial charge in [0.05, 0.1) is 6.61 Å². The molecule has 3 saturated heterocycles. The van der Waals surface area contributed by atoms with Crippen molar-refractivity contribution in [1.29, 1.82) is 0 Å². The van der Waals surface area contributed by atoms with E-state index in [0.29, 0.717) is 6.61 Å². The third-order valence-corrected chi connectivity index (χ3v) is 2.65. The predicted molar refractivity (Wildman–Crippen MR) is 42.0 cm³/mol. The van der Waals surface area contributed by atoms with Gasteiger partial charge in [-0.3, -0.25) is 0 Å². The van der Waals surface area contributed by atoms with Gasteiger partial charge in [-0.15, -0.1) is 0 Å². The fourth-order valence-electron chi connectivity index (χ4n) is 1.98. The van der Waals surface area contributed by atoms with Gasteiger partial charge in [-0.05, 0) is 6.92 Å². The van der Waals surface area contributed by atoms with E-state index in [1.807, 2.05) is 0 Å². The van der Waals surface area contributed by atoms with Crippen LogP contribution in [0.25, 0.3) is 0 Å². The number of aliphatic hydroxyl groups is 2. The quantitative estimate of drug-likeness (QED) is 0.547. The van der Waals surface area contributed by atoms with Crippen LogP contribution in [-0.4, -0.2) is 54.1 Å². The van der Waals surface area contributed by atoms with E-state index in [-0.39, 0.29) is 0 Å². The molecule has 3 heterocycles. The van der Waals surface area contributed by atoms with Crippen molar-refractivity contribution in [2.24, 2.45) is 0 Å². The lowest BCUT2D eigenvalue weighted by Crippen LogP contribution is -2.70. The second kappa shape index (κ2) is 2.90. The molecular formula is C8H14O5. The molecule has 0 aromatic heterocycles. The van der Waals surface area contributed by atoms with Gasteiger partial charge in [0, 0.05) is 7.11 Å². The minimum absolute atomic E-state index is 0.307. The molecule has 0 saturated carbocycles. The fourth-order valence-corrected chi connectivity index (χ4v) is 1.98. The summed E-state index contributed by atoms with van der Waals surface area (Å²) in [4.78, 5) is 0. The number of rotatable bonds is 1. The molecule has 0 amide bonds. The molecule has 5 atom stereocenters. The number of aliphatic hydroxyl groups excluding tert-OH is 1. The number of fused-ring (bicyclic) bond motifs is 3. The van der Waals surface area contributed by atoms with E-state index in [1.54, 1.807) is 0 Å². The lowest BCUT2D eigenvalue weighted by molar-refractivity contribution is -0.393.